The van der Waals surface area contributed by atoms with Gasteiger partial charge >= 0.3 is 6.18 Å². The van der Waals surface area contributed by atoms with Crippen molar-refractivity contribution in [1.29, 1.82) is 0 Å². The number of nitrogens with zero attached hydrogens (tertiary/aromatic N) is 1. The number of amides is 1. The van der Waals surface area contributed by atoms with Gasteiger partial charge in [0.1, 0.15) is 11.5 Å². The summed E-state index contributed by atoms with van der Waals surface area (Å²) < 4.78 is 49.3. The molecule has 0 radical (unpaired) electrons. The number of rotatable bonds is 4. The zero-order valence-corrected chi connectivity index (χ0v) is 16.4. The van der Waals surface area contributed by atoms with Gasteiger partial charge in [-0.25, -0.2) is 4.99 Å². The van der Waals surface area contributed by atoms with Crippen molar-refractivity contribution in [2.24, 2.45) is 16.6 Å². The van der Waals surface area contributed by atoms with Gasteiger partial charge in [0.05, 0.1) is 24.5 Å². The number of hydrogen-bond acceptors (Lipinski definition) is 4. The van der Waals surface area contributed by atoms with E-state index >= 15 is 0 Å². The summed E-state index contributed by atoms with van der Waals surface area (Å²) in [5.41, 5.74) is 5.99. The van der Waals surface area contributed by atoms with Crippen LogP contribution in [0, 0.1) is 5.92 Å². The maximum Gasteiger partial charge on any atom is 0.416 e. The number of ether oxygens (including phenoxy) is 2. The van der Waals surface area contributed by atoms with Gasteiger partial charge in [0.2, 0.25) is 0 Å². The topological polar surface area (TPSA) is 73.9 Å². The van der Waals surface area contributed by atoms with Crippen LogP contribution in [0.2, 0.25) is 0 Å². The molecule has 160 valence electrons. The van der Waals surface area contributed by atoms with Crippen molar-refractivity contribution in [3.8, 4) is 11.5 Å². The minimum atomic E-state index is -4.40. The van der Waals surface area contributed by atoms with Crippen LogP contribution in [0.25, 0.3) is 10.8 Å². The van der Waals surface area contributed by atoms with Crippen LogP contribution in [0.3, 0.4) is 0 Å². The Morgan fingerprint density at radius 3 is 2.61 bits per heavy atom. The lowest BCUT2D eigenvalue weighted by Crippen LogP contribution is -2.22. The molecule has 1 amide bonds. The monoisotopic (exact) mass is 428 g/mol. The number of aliphatic imine (C=N–C) groups is 1. The number of benzene rings is 3. The first kappa shape index (κ1) is 21.0. The van der Waals surface area contributed by atoms with Crippen LogP contribution in [-0.2, 0) is 10.9 Å². The molecular weight excluding hydrogens is 409 g/mol. The molecular formula is C23H19F3N2O3. The Morgan fingerprint density at radius 2 is 1.90 bits per heavy atom. The van der Waals surface area contributed by atoms with E-state index < -0.39 is 11.7 Å². The SMILES string of the molecule is NCC1COCC1=NC(=O)c1ccc2c(Oc3ccc(C(F)(F)F)cc3)cccc2c1. The van der Waals surface area contributed by atoms with Gasteiger partial charge in [0.25, 0.3) is 5.91 Å². The minimum Gasteiger partial charge on any atom is -0.457 e. The summed E-state index contributed by atoms with van der Waals surface area (Å²) in [4.78, 5) is 16.8. The van der Waals surface area contributed by atoms with Crippen molar-refractivity contribution in [3.63, 3.8) is 0 Å². The Morgan fingerprint density at radius 1 is 1.13 bits per heavy atom. The molecule has 1 aliphatic heterocycles. The van der Waals surface area contributed by atoms with Crippen LogP contribution in [0.4, 0.5) is 13.2 Å². The first-order valence-electron chi connectivity index (χ1n) is 9.62. The van der Waals surface area contributed by atoms with E-state index in [1.165, 1.54) is 12.1 Å². The molecule has 0 bridgehead atoms. The highest BCUT2D eigenvalue weighted by Gasteiger charge is 2.30. The van der Waals surface area contributed by atoms with Gasteiger partial charge < -0.3 is 15.2 Å². The first-order chi connectivity index (χ1) is 14.8. The Bertz CT molecular complexity index is 1140. The highest BCUT2D eigenvalue weighted by atomic mass is 19.4. The number of hydrogen-bond donors (Lipinski definition) is 1. The smallest absolute Gasteiger partial charge is 0.416 e. The number of alkyl halides is 3. The molecule has 1 saturated heterocycles. The predicted molar refractivity (Wildman–Crippen MR) is 111 cm³/mol. The average molecular weight is 428 g/mol. The van der Waals surface area contributed by atoms with Crippen LogP contribution in [0.5, 0.6) is 11.5 Å². The molecule has 3 aromatic carbocycles. The Balaban J connectivity index is 1.58. The number of carbonyl (C=O) groups excluding carboxylic acids is 1. The molecule has 0 spiro atoms. The van der Waals surface area contributed by atoms with E-state index in [4.69, 9.17) is 15.2 Å². The third-order valence-corrected chi connectivity index (χ3v) is 5.07. The lowest BCUT2D eigenvalue weighted by Gasteiger charge is -2.11. The summed E-state index contributed by atoms with van der Waals surface area (Å²) in [5.74, 6) is 0.319. The van der Waals surface area contributed by atoms with E-state index in [-0.39, 0.29) is 17.6 Å². The molecule has 5 nitrogen and oxygen atoms in total. The summed E-state index contributed by atoms with van der Waals surface area (Å²) >= 11 is 0. The average Bonchev–Trinajstić information content (AvgIpc) is 3.20. The second-order valence-electron chi connectivity index (χ2n) is 7.17. The highest BCUT2D eigenvalue weighted by molar-refractivity contribution is 6.07. The second kappa shape index (κ2) is 8.49. The van der Waals surface area contributed by atoms with E-state index in [0.717, 1.165) is 22.9 Å². The van der Waals surface area contributed by atoms with Gasteiger partial charge in [-0.3, -0.25) is 4.79 Å². The van der Waals surface area contributed by atoms with Crippen molar-refractivity contribution in [2.75, 3.05) is 19.8 Å². The second-order valence-corrected chi connectivity index (χ2v) is 7.17. The van der Waals surface area contributed by atoms with Crippen molar-refractivity contribution in [2.45, 2.75) is 6.18 Å². The molecule has 3 aromatic rings. The molecule has 1 atom stereocenters. The Labute approximate surface area is 176 Å². The minimum absolute atomic E-state index is 0.0480. The molecule has 0 aliphatic carbocycles. The summed E-state index contributed by atoms with van der Waals surface area (Å²) in [6, 6.07) is 14.8. The highest BCUT2D eigenvalue weighted by Crippen LogP contribution is 2.33. The fraction of sp³-hybridized carbons (Fsp3) is 0.217. The third-order valence-electron chi connectivity index (χ3n) is 5.07. The Hall–Kier alpha value is -3.23. The molecule has 0 aromatic heterocycles. The van der Waals surface area contributed by atoms with Crippen LogP contribution in [-0.4, -0.2) is 31.4 Å². The van der Waals surface area contributed by atoms with Gasteiger partial charge in [0, 0.05) is 23.4 Å². The van der Waals surface area contributed by atoms with Crippen LogP contribution < -0.4 is 10.5 Å². The standard InChI is InChI=1S/C23H19F3N2O3/c24-23(25,26)17-5-7-18(8-6-17)31-21-3-1-2-14-10-15(4-9-19(14)21)22(29)28-20-13-30-12-16(20)11-27/h1-10,16H,11-13,27H2. The van der Waals surface area contributed by atoms with E-state index in [9.17, 15) is 18.0 Å². The van der Waals surface area contributed by atoms with Gasteiger partial charge in [-0.2, -0.15) is 13.2 Å². The quantitative estimate of drug-likeness (QED) is 0.646. The van der Waals surface area contributed by atoms with E-state index in [1.807, 2.05) is 6.07 Å². The zero-order valence-electron chi connectivity index (χ0n) is 16.4. The molecule has 8 heteroatoms. The lowest BCUT2D eigenvalue weighted by molar-refractivity contribution is -0.137. The summed E-state index contributed by atoms with van der Waals surface area (Å²) in [7, 11) is 0. The van der Waals surface area contributed by atoms with Crippen LogP contribution >= 0.6 is 0 Å². The maximum atomic E-state index is 12.7. The van der Waals surface area contributed by atoms with Gasteiger partial charge in [-0.15, -0.1) is 0 Å². The molecule has 1 aliphatic rings. The predicted octanol–water partition coefficient (Wildman–Crippen LogP) is 4.84. The largest absolute Gasteiger partial charge is 0.457 e. The zero-order chi connectivity index (χ0) is 22.0. The third kappa shape index (κ3) is 4.60. The molecule has 4 rings (SSSR count). The maximum absolute atomic E-state index is 12.7. The van der Waals surface area contributed by atoms with Crippen molar-refractivity contribution in [1.82, 2.24) is 0 Å². The fourth-order valence-corrected chi connectivity index (χ4v) is 3.36. The molecule has 1 unspecified atom stereocenters. The van der Waals surface area contributed by atoms with Gasteiger partial charge in [-0.1, -0.05) is 12.1 Å². The molecule has 1 fully saturated rings. The van der Waals surface area contributed by atoms with Gasteiger partial charge in [0.15, 0.2) is 0 Å². The normalized spacial score (nSPS) is 17.9. The number of halogens is 3. The number of carbonyl (C=O) groups is 1. The first-order valence-corrected chi connectivity index (χ1v) is 9.62. The van der Waals surface area contributed by atoms with E-state index in [1.54, 1.807) is 30.3 Å². The number of fused-ring (bicyclic) bond motifs is 1. The van der Waals surface area contributed by atoms with Crippen LogP contribution in [0.1, 0.15) is 15.9 Å². The van der Waals surface area contributed by atoms with E-state index in [0.29, 0.717) is 36.8 Å². The summed E-state index contributed by atoms with van der Waals surface area (Å²) in [6.45, 7) is 1.13. The van der Waals surface area contributed by atoms with E-state index in [2.05, 4.69) is 4.99 Å². The summed E-state index contributed by atoms with van der Waals surface area (Å²) in [6.07, 6.45) is -4.40. The van der Waals surface area contributed by atoms with Crippen molar-refractivity contribution >= 4 is 22.4 Å². The van der Waals surface area contributed by atoms with Crippen molar-refractivity contribution in [3.05, 3.63) is 71.8 Å². The molecule has 31 heavy (non-hydrogen) atoms. The van der Waals surface area contributed by atoms with Crippen molar-refractivity contribution < 1.29 is 27.4 Å². The molecule has 2 N–H and O–H groups in total. The lowest BCUT2D eigenvalue weighted by atomic mass is 10.0. The molecule has 1 heterocycles. The fourth-order valence-electron chi connectivity index (χ4n) is 3.36. The number of nitrogens with two attached hydrogens (primary N) is 1. The molecule has 0 saturated carbocycles. The summed E-state index contributed by atoms with van der Waals surface area (Å²) in [5, 5.41) is 1.46. The Kier molecular flexibility index (Phi) is 5.75. The van der Waals surface area contributed by atoms with Crippen LogP contribution in [0.15, 0.2) is 65.7 Å². The van der Waals surface area contributed by atoms with Gasteiger partial charge in [-0.05, 0) is 53.9 Å².